The molecule has 3 rings (SSSR count). The number of benzene rings is 1. The van der Waals surface area contributed by atoms with E-state index in [2.05, 4.69) is 29.2 Å². The summed E-state index contributed by atoms with van der Waals surface area (Å²) in [4.78, 5) is 0. The van der Waals surface area contributed by atoms with Crippen LogP contribution in [0.25, 0.3) is 0 Å². The zero-order chi connectivity index (χ0) is 13.6. The summed E-state index contributed by atoms with van der Waals surface area (Å²) in [5, 5.41) is 5.43. The van der Waals surface area contributed by atoms with Crippen LogP contribution in [0.15, 0.2) is 22.7 Å². The molecule has 0 aromatic heterocycles. The highest BCUT2D eigenvalue weighted by atomic mass is 35.5. The molecule has 19 heavy (non-hydrogen) atoms. The SMILES string of the molecule is CC1=C(Nc2c(Cl)ccc3c2CCO3)SN(C)C1S. The lowest BCUT2D eigenvalue weighted by Gasteiger charge is -2.14. The number of nitrogens with one attached hydrogen (secondary N) is 1. The Labute approximate surface area is 127 Å². The van der Waals surface area contributed by atoms with Crippen molar-refractivity contribution in [3.63, 3.8) is 0 Å². The summed E-state index contributed by atoms with van der Waals surface area (Å²) >= 11 is 12.5. The van der Waals surface area contributed by atoms with Crippen LogP contribution in [0, 0.1) is 0 Å². The molecule has 1 aromatic rings. The van der Waals surface area contributed by atoms with Crippen molar-refractivity contribution in [3.05, 3.63) is 33.3 Å². The van der Waals surface area contributed by atoms with E-state index >= 15 is 0 Å². The van der Waals surface area contributed by atoms with Crippen LogP contribution in [-0.4, -0.2) is 23.3 Å². The molecule has 1 aromatic carbocycles. The molecule has 0 saturated carbocycles. The van der Waals surface area contributed by atoms with Gasteiger partial charge in [-0.2, -0.15) is 12.6 Å². The third kappa shape index (κ3) is 2.33. The maximum atomic E-state index is 6.32. The van der Waals surface area contributed by atoms with Gasteiger partial charge in [0.1, 0.15) is 5.75 Å². The summed E-state index contributed by atoms with van der Waals surface area (Å²) in [6.07, 6.45) is 0.898. The molecular weight excluding hydrogens is 300 g/mol. The molecule has 1 unspecified atom stereocenters. The van der Waals surface area contributed by atoms with Gasteiger partial charge >= 0.3 is 0 Å². The molecule has 0 saturated heterocycles. The smallest absolute Gasteiger partial charge is 0.124 e. The summed E-state index contributed by atoms with van der Waals surface area (Å²) in [5.41, 5.74) is 3.34. The quantitative estimate of drug-likeness (QED) is 0.641. The van der Waals surface area contributed by atoms with Crippen LogP contribution < -0.4 is 10.1 Å². The molecule has 1 atom stereocenters. The van der Waals surface area contributed by atoms with E-state index in [4.69, 9.17) is 16.3 Å². The Morgan fingerprint density at radius 2 is 2.32 bits per heavy atom. The van der Waals surface area contributed by atoms with Crippen molar-refractivity contribution in [2.75, 3.05) is 19.0 Å². The topological polar surface area (TPSA) is 24.5 Å². The van der Waals surface area contributed by atoms with E-state index in [1.165, 1.54) is 11.1 Å². The summed E-state index contributed by atoms with van der Waals surface area (Å²) in [6.45, 7) is 2.81. The number of likely N-dealkylation sites (N-methyl/N-ethyl adjacent to an activating group) is 1. The second kappa shape index (κ2) is 5.13. The average Bonchev–Trinajstić information content (AvgIpc) is 2.95. The fraction of sp³-hybridized carbons (Fsp3) is 0.385. The molecule has 0 amide bonds. The lowest BCUT2D eigenvalue weighted by atomic mass is 10.1. The van der Waals surface area contributed by atoms with Gasteiger partial charge < -0.3 is 10.1 Å². The van der Waals surface area contributed by atoms with Gasteiger partial charge in [-0.25, -0.2) is 4.31 Å². The summed E-state index contributed by atoms with van der Waals surface area (Å²) in [5.74, 6) is 0.934. The Kier molecular flexibility index (Phi) is 3.64. The van der Waals surface area contributed by atoms with Gasteiger partial charge in [0.25, 0.3) is 0 Å². The zero-order valence-electron chi connectivity index (χ0n) is 10.7. The molecule has 2 heterocycles. The second-order valence-electron chi connectivity index (χ2n) is 4.65. The molecule has 3 nitrogen and oxygen atoms in total. The molecule has 2 aliphatic rings. The molecule has 0 spiro atoms. The number of ether oxygens (including phenoxy) is 1. The van der Waals surface area contributed by atoms with Crippen LogP contribution in [0.4, 0.5) is 5.69 Å². The number of thiol groups is 1. The first-order valence-electron chi connectivity index (χ1n) is 6.09. The van der Waals surface area contributed by atoms with E-state index < -0.39 is 0 Å². The van der Waals surface area contributed by atoms with E-state index in [1.807, 2.05) is 19.2 Å². The molecule has 6 heteroatoms. The van der Waals surface area contributed by atoms with Crippen molar-refractivity contribution in [1.29, 1.82) is 0 Å². The summed E-state index contributed by atoms with van der Waals surface area (Å²) < 4.78 is 7.69. The second-order valence-corrected chi connectivity index (χ2v) is 6.71. The van der Waals surface area contributed by atoms with Crippen LogP contribution in [0.2, 0.25) is 5.02 Å². The maximum Gasteiger partial charge on any atom is 0.124 e. The normalized spacial score (nSPS) is 22.6. The first kappa shape index (κ1) is 13.5. The Morgan fingerprint density at radius 3 is 3.00 bits per heavy atom. The standard InChI is InChI=1S/C13H15ClN2OS2/c1-7-12(19-16(2)13(7)18)15-11-8-5-6-17-10(8)4-3-9(11)14/h3-4,13,15,18H,5-6H2,1-2H3. The van der Waals surface area contributed by atoms with Crippen LogP contribution in [0.1, 0.15) is 12.5 Å². The van der Waals surface area contributed by atoms with Gasteiger partial charge in [0.2, 0.25) is 0 Å². The van der Waals surface area contributed by atoms with Gasteiger partial charge in [0.05, 0.1) is 27.7 Å². The van der Waals surface area contributed by atoms with E-state index in [0.717, 1.165) is 34.5 Å². The molecule has 0 fully saturated rings. The summed E-state index contributed by atoms with van der Waals surface area (Å²) in [6, 6.07) is 3.82. The van der Waals surface area contributed by atoms with Gasteiger partial charge in [-0.05, 0) is 43.6 Å². The number of fused-ring (bicyclic) bond motifs is 1. The highest BCUT2D eigenvalue weighted by molar-refractivity contribution is 8.02. The van der Waals surface area contributed by atoms with Crippen LogP contribution >= 0.6 is 36.2 Å². The monoisotopic (exact) mass is 314 g/mol. The fourth-order valence-electron chi connectivity index (χ4n) is 2.27. The number of rotatable bonds is 2. The molecule has 0 bridgehead atoms. The van der Waals surface area contributed by atoms with Crippen LogP contribution in [0.5, 0.6) is 5.75 Å². The van der Waals surface area contributed by atoms with Gasteiger partial charge in [-0.3, -0.25) is 0 Å². The number of halogens is 1. The van der Waals surface area contributed by atoms with Gasteiger partial charge in [-0.1, -0.05) is 11.6 Å². The zero-order valence-corrected chi connectivity index (χ0v) is 13.2. The lowest BCUT2D eigenvalue weighted by molar-refractivity contribution is 0.357. The molecule has 0 radical (unpaired) electrons. The first-order chi connectivity index (χ1) is 9.08. The average molecular weight is 315 g/mol. The lowest BCUT2D eigenvalue weighted by Crippen LogP contribution is -2.15. The largest absolute Gasteiger partial charge is 0.493 e. The van der Waals surface area contributed by atoms with Crippen molar-refractivity contribution in [2.24, 2.45) is 0 Å². The molecule has 0 aliphatic carbocycles. The Bertz CT molecular complexity index is 562. The first-order valence-corrected chi connectivity index (χ1v) is 7.75. The number of anilines is 1. The van der Waals surface area contributed by atoms with Gasteiger partial charge in [0, 0.05) is 12.0 Å². The van der Waals surface area contributed by atoms with E-state index in [9.17, 15) is 0 Å². The maximum absolute atomic E-state index is 6.32. The Morgan fingerprint density at radius 1 is 1.53 bits per heavy atom. The highest BCUT2D eigenvalue weighted by Crippen LogP contribution is 2.42. The fourth-order valence-corrected chi connectivity index (χ4v) is 3.80. The van der Waals surface area contributed by atoms with Crippen molar-refractivity contribution in [2.45, 2.75) is 18.7 Å². The Balaban J connectivity index is 1.95. The predicted molar refractivity (Wildman–Crippen MR) is 85.1 cm³/mol. The number of hydrogen-bond donors (Lipinski definition) is 2. The molecular formula is C13H15ClN2OS2. The third-order valence-corrected chi connectivity index (χ3v) is 5.70. The van der Waals surface area contributed by atoms with Crippen LogP contribution in [-0.2, 0) is 6.42 Å². The van der Waals surface area contributed by atoms with E-state index in [-0.39, 0.29) is 5.37 Å². The predicted octanol–water partition coefficient (Wildman–Crippen LogP) is 3.77. The van der Waals surface area contributed by atoms with E-state index in [1.54, 1.807) is 11.9 Å². The van der Waals surface area contributed by atoms with Gasteiger partial charge in [-0.15, -0.1) is 0 Å². The van der Waals surface area contributed by atoms with Crippen molar-refractivity contribution in [3.8, 4) is 5.75 Å². The summed E-state index contributed by atoms with van der Waals surface area (Å²) in [7, 11) is 2.03. The van der Waals surface area contributed by atoms with Gasteiger partial charge in [0.15, 0.2) is 0 Å². The minimum absolute atomic E-state index is 0.138. The minimum atomic E-state index is 0.138. The van der Waals surface area contributed by atoms with Crippen molar-refractivity contribution >= 4 is 41.9 Å². The third-order valence-electron chi connectivity index (χ3n) is 3.39. The van der Waals surface area contributed by atoms with Crippen LogP contribution in [0.3, 0.4) is 0 Å². The minimum Gasteiger partial charge on any atom is -0.493 e. The molecule has 102 valence electrons. The van der Waals surface area contributed by atoms with Crippen molar-refractivity contribution in [1.82, 2.24) is 4.31 Å². The molecule has 1 N–H and O–H groups in total. The highest BCUT2D eigenvalue weighted by Gasteiger charge is 2.27. The number of hydrogen-bond acceptors (Lipinski definition) is 5. The van der Waals surface area contributed by atoms with Crippen molar-refractivity contribution < 1.29 is 4.74 Å². The molecule has 2 aliphatic heterocycles. The Hall–Kier alpha value is -0.490. The van der Waals surface area contributed by atoms with E-state index in [0.29, 0.717) is 0 Å². The number of nitrogens with zero attached hydrogens (tertiary/aromatic N) is 1.